The summed E-state index contributed by atoms with van der Waals surface area (Å²) >= 11 is 0. The molecule has 0 saturated carbocycles. The number of esters is 4. The Morgan fingerprint density at radius 1 is 0.853 bits per heavy atom. The second-order valence-electron chi connectivity index (χ2n) is 7.88. The molecule has 0 aromatic heterocycles. The highest BCUT2D eigenvalue weighted by Crippen LogP contribution is 2.35. The first kappa shape index (κ1) is 27.9. The molecule has 8 unspecified atom stereocenters. The van der Waals surface area contributed by atoms with Gasteiger partial charge in [-0.15, -0.1) is 0 Å². The molecule has 194 valence electrons. The van der Waals surface area contributed by atoms with Crippen LogP contribution in [0.2, 0.25) is 0 Å². The van der Waals surface area contributed by atoms with Gasteiger partial charge in [-0.2, -0.15) is 0 Å². The lowest BCUT2D eigenvalue weighted by molar-refractivity contribution is -0.385. The van der Waals surface area contributed by atoms with E-state index in [0.29, 0.717) is 0 Å². The van der Waals surface area contributed by atoms with Gasteiger partial charge >= 0.3 is 23.9 Å². The largest absolute Gasteiger partial charge is 0.458 e. The van der Waals surface area contributed by atoms with Crippen LogP contribution >= 0.6 is 0 Å². The van der Waals surface area contributed by atoms with Gasteiger partial charge in [0.15, 0.2) is 18.3 Å². The lowest BCUT2D eigenvalue weighted by atomic mass is 10.00. The maximum atomic E-state index is 11.9. The van der Waals surface area contributed by atoms with Crippen LogP contribution in [-0.2, 0) is 52.3 Å². The van der Waals surface area contributed by atoms with Crippen LogP contribution in [0.15, 0.2) is 0 Å². The van der Waals surface area contributed by atoms with Gasteiger partial charge < -0.3 is 48.5 Å². The highest BCUT2D eigenvalue weighted by molar-refractivity contribution is 5.68. The third-order valence-corrected chi connectivity index (χ3v) is 4.95. The molecule has 0 aliphatic carbocycles. The molecule has 2 fully saturated rings. The van der Waals surface area contributed by atoms with Gasteiger partial charge in [-0.25, -0.2) is 0 Å². The van der Waals surface area contributed by atoms with Crippen LogP contribution in [0.3, 0.4) is 0 Å². The van der Waals surface area contributed by atoms with Gasteiger partial charge in [0.05, 0.1) is 19.3 Å². The number of aliphatic hydroxyl groups is 3. The SMILES string of the molecule is CC(=O)OC1CC(O)COC(CO)(OC2OCC(O)C(OC(C)=O)C2OC(C)=O)C1OC(C)=O. The molecule has 0 aromatic carbocycles. The van der Waals surface area contributed by atoms with E-state index in [9.17, 15) is 34.5 Å². The van der Waals surface area contributed by atoms with E-state index in [-0.39, 0.29) is 6.42 Å². The first-order valence-electron chi connectivity index (χ1n) is 10.5. The van der Waals surface area contributed by atoms with Gasteiger partial charge in [0.1, 0.15) is 18.8 Å². The van der Waals surface area contributed by atoms with Crippen molar-refractivity contribution in [1.82, 2.24) is 0 Å². The fourth-order valence-corrected chi connectivity index (χ4v) is 3.71. The summed E-state index contributed by atoms with van der Waals surface area (Å²) in [5.74, 6) is -5.53. The van der Waals surface area contributed by atoms with E-state index in [0.717, 1.165) is 27.7 Å². The molecule has 2 aliphatic heterocycles. The molecular formula is C20H30O14. The van der Waals surface area contributed by atoms with E-state index in [1.165, 1.54) is 0 Å². The molecule has 0 bridgehead atoms. The topological polar surface area (TPSA) is 194 Å². The van der Waals surface area contributed by atoms with Gasteiger partial charge in [0.25, 0.3) is 0 Å². The van der Waals surface area contributed by atoms with Crippen molar-refractivity contribution in [3.8, 4) is 0 Å². The van der Waals surface area contributed by atoms with Crippen molar-refractivity contribution in [1.29, 1.82) is 0 Å². The van der Waals surface area contributed by atoms with Crippen molar-refractivity contribution >= 4 is 23.9 Å². The van der Waals surface area contributed by atoms with Crippen LogP contribution in [-0.4, -0.2) is 108 Å². The zero-order valence-corrected chi connectivity index (χ0v) is 19.2. The molecule has 2 saturated heterocycles. The molecular weight excluding hydrogens is 464 g/mol. The van der Waals surface area contributed by atoms with Crippen LogP contribution in [0.25, 0.3) is 0 Å². The van der Waals surface area contributed by atoms with Crippen molar-refractivity contribution in [3.05, 3.63) is 0 Å². The first-order valence-corrected chi connectivity index (χ1v) is 10.5. The maximum absolute atomic E-state index is 11.9. The Kier molecular flexibility index (Phi) is 9.73. The van der Waals surface area contributed by atoms with Crippen LogP contribution in [0.4, 0.5) is 0 Å². The summed E-state index contributed by atoms with van der Waals surface area (Å²) in [6, 6.07) is 0. The third kappa shape index (κ3) is 7.07. The second kappa shape index (κ2) is 11.9. The number of ether oxygens (including phenoxy) is 7. The Morgan fingerprint density at radius 3 is 1.94 bits per heavy atom. The number of hydrogen-bond acceptors (Lipinski definition) is 14. The smallest absolute Gasteiger partial charge is 0.303 e. The monoisotopic (exact) mass is 494 g/mol. The van der Waals surface area contributed by atoms with Crippen LogP contribution in [0.5, 0.6) is 0 Å². The number of hydrogen-bond donors (Lipinski definition) is 3. The average molecular weight is 494 g/mol. The summed E-state index contributed by atoms with van der Waals surface area (Å²) < 4.78 is 37.6. The van der Waals surface area contributed by atoms with E-state index >= 15 is 0 Å². The minimum Gasteiger partial charge on any atom is -0.458 e. The standard InChI is InChI=1S/C20H30O14/c1-9(22)30-15-5-13(26)6-29-20(8-21,18(15)33-12(4)25)34-19-17(32-11(3)24)16(31-10(2)23)14(27)7-28-19/h13-19,21,26-27H,5-8H2,1-4H3. The van der Waals surface area contributed by atoms with Crippen LogP contribution in [0.1, 0.15) is 34.1 Å². The molecule has 0 aromatic rings. The maximum Gasteiger partial charge on any atom is 0.303 e. The molecule has 0 amide bonds. The summed E-state index contributed by atoms with van der Waals surface area (Å²) in [5.41, 5.74) is 0. The number of rotatable bonds is 7. The van der Waals surface area contributed by atoms with Crippen molar-refractivity contribution in [2.24, 2.45) is 0 Å². The zero-order chi connectivity index (χ0) is 25.6. The van der Waals surface area contributed by atoms with Crippen LogP contribution < -0.4 is 0 Å². The second-order valence-corrected chi connectivity index (χ2v) is 7.88. The van der Waals surface area contributed by atoms with Crippen LogP contribution in [0, 0.1) is 0 Å². The van der Waals surface area contributed by atoms with Gasteiger partial charge in [-0.1, -0.05) is 0 Å². The van der Waals surface area contributed by atoms with Gasteiger partial charge in [-0.05, 0) is 0 Å². The Bertz CT molecular complexity index is 756. The quantitative estimate of drug-likeness (QED) is 0.258. The van der Waals surface area contributed by atoms with Crippen molar-refractivity contribution in [2.75, 3.05) is 19.8 Å². The number of carbonyl (C=O) groups excluding carboxylic acids is 4. The zero-order valence-electron chi connectivity index (χ0n) is 19.2. The molecule has 0 radical (unpaired) electrons. The molecule has 2 heterocycles. The number of carbonyl (C=O) groups is 4. The van der Waals surface area contributed by atoms with E-state index in [1.54, 1.807) is 0 Å². The Morgan fingerprint density at radius 2 is 1.41 bits per heavy atom. The fourth-order valence-electron chi connectivity index (χ4n) is 3.71. The van der Waals surface area contributed by atoms with Crippen molar-refractivity contribution < 1.29 is 67.7 Å². The van der Waals surface area contributed by atoms with Gasteiger partial charge in [-0.3, -0.25) is 19.2 Å². The van der Waals surface area contributed by atoms with E-state index < -0.39 is 92.4 Å². The highest BCUT2D eigenvalue weighted by Gasteiger charge is 2.56. The lowest BCUT2D eigenvalue weighted by Crippen LogP contribution is -2.63. The average Bonchev–Trinajstić information content (AvgIpc) is 2.83. The predicted molar refractivity (Wildman–Crippen MR) is 105 cm³/mol. The Balaban J connectivity index is 2.48. The summed E-state index contributed by atoms with van der Waals surface area (Å²) in [4.78, 5) is 46.8. The molecule has 2 aliphatic rings. The number of aliphatic hydroxyl groups excluding tert-OH is 3. The summed E-state index contributed by atoms with van der Waals surface area (Å²) in [7, 11) is 0. The lowest BCUT2D eigenvalue weighted by Gasteiger charge is -2.45. The molecule has 34 heavy (non-hydrogen) atoms. The molecule has 3 N–H and O–H groups in total. The first-order chi connectivity index (χ1) is 15.9. The molecule has 2 rings (SSSR count). The molecule has 8 atom stereocenters. The van der Waals surface area contributed by atoms with Gasteiger partial charge in [0, 0.05) is 34.1 Å². The third-order valence-electron chi connectivity index (χ3n) is 4.95. The summed E-state index contributed by atoms with van der Waals surface area (Å²) in [5, 5.41) is 30.8. The summed E-state index contributed by atoms with van der Waals surface area (Å²) in [6.07, 6.45) is -10.3. The fraction of sp³-hybridized carbons (Fsp3) is 0.800. The van der Waals surface area contributed by atoms with Gasteiger partial charge in [0.2, 0.25) is 12.1 Å². The predicted octanol–water partition coefficient (Wildman–Crippen LogP) is -2.08. The van der Waals surface area contributed by atoms with Crippen molar-refractivity contribution in [2.45, 2.75) is 82.8 Å². The Labute approximate surface area is 194 Å². The minimum absolute atomic E-state index is 0.226. The van der Waals surface area contributed by atoms with E-state index in [4.69, 9.17) is 33.2 Å². The minimum atomic E-state index is -2.28. The van der Waals surface area contributed by atoms with Crippen molar-refractivity contribution in [3.63, 3.8) is 0 Å². The molecule has 14 heteroatoms. The molecule has 14 nitrogen and oxygen atoms in total. The molecule has 0 spiro atoms. The Hall–Kier alpha value is -2.36. The summed E-state index contributed by atoms with van der Waals surface area (Å²) in [6.45, 7) is 2.42. The van der Waals surface area contributed by atoms with E-state index in [2.05, 4.69) is 0 Å². The van der Waals surface area contributed by atoms with E-state index in [1.807, 2.05) is 0 Å². The highest BCUT2D eigenvalue weighted by atomic mass is 16.8. The normalized spacial score (nSPS) is 36.0.